The van der Waals surface area contributed by atoms with Crippen molar-refractivity contribution in [2.45, 2.75) is 124 Å². The van der Waals surface area contributed by atoms with Crippen LogP contribution in [0.4, 0.5) is 0 Å². The first-order chi connectivity index (χ1) is 16.8. The van der Waals surface area contributed by atoms with E-state index in [1.165, 1.54) is 71.3 Å². The normalized spacial score (nSPS) is 48.4. The van der Waals surface area contributed by atoms with Gasteiger partial charge in [-0.3, -0.25) is 4.79 Å². The Bertz CT molecular complexity index is 746. The van der Waals surface area contributed by atoms with Gasteiger partial charge in [-0.15, -0.1) is 0 Å². The number of carbonyl (C=O) groups is 1. The molecule has 1 saturated heterocycles. The highest BCUT2D eigenvalue weighted by atomic mass is 16.7. The summed E-state index contributed by atoms with van der Waals surface area (Å²) in [6.07, 6.45) is 16.2. The number of carbonyl (C=O) groups excluding carboxylic acids is 1. The third-order valence-corrected chi connectivity index (χ3v) is 12.2. The molecule has 6 unspecified atom stereocenters. The zero-order chi connectivity index (χ0) is 24.8. The maximum absolute atomic E-state index is 11.9. The van der Waals surface area contributed by atoms with Crippen LogP contribution >= 0.6 is 0 Å². The zero-order valence-corrected chi connectivity index (χ0v) is 23.2. The molecule has 0 N–H and O–H groups in total. The summed E-state index contributed by atoms with van der Waals surface area (Å²) in [5.41, 5.74) is 0.858. The van der Waals surface area contributed by atoms with Gasteiger partial charge in [0, 0.05) is 13.0 Å². The van der Waals surface area contributed by atoms with E-state index >= 15 is 0 Å². The van der Waals surface area contributed by atoms with Crippen molar-refractivity contribution in [2.24, 2.45) is 52.3 Å². The molecule has 4 heteroatoms. The molecule has 5 aliphatic rings. The Balaban J connectivity index is 1.39. The molecule has 0 aromatic rings. The Labute approximate surface area is 214 Å². The molecule has 1 heterocycles. The maximum Gasteiger partial charge on any atom is 0.305 e. The molecule has 4 nitrogen and oxygen atoms in total. The Kier molecular flexibility index (Phi) is 7.64. The number of fused-ring (bicyclic) bond motifs is 5. The molecule has 0 radical (unpaired) electrons. The van der Waals surface area contributed by atoms with Gasteiger partial charge in [0.1, 0.15) is 0 Å². The molecule has 11 atom stereocenters. The van der Waals surface area contributed by atoms with Gasteiger partial charge in [-0.1, -0.05) is 34.1 Å². The molecular weight excluding hydrogens is 436 g/mol. The van der Waals surface area contributed by atoms with E-state index in [1.807, 2.05) is 0 Å². The van der Waals surface area contributed by atoms with E-state index in [0.29, 0.717) is 41.1 Å². The van der Waals surface area contributed by atoms with E-state index in [1.54, 1.807) is 0 Å². The van der Waals surface area contributed by atoms with Crippen LogP contribution in [-0.4, -0.2) is 32.1 Å². The van der Waals surface area contributed by atoms with Crippen molar-refractivity contribution in [3.8, 4) is 0 Å². The monoisotopic (exact) mass is 488 g/mol. The Hall–Kier alpha value is -0.610. The Morgan fingerprint density at radius 2 is 1.77 bits per heavy atom. The Morgan fingerprint density at radius 1 is 1.00 bits per heavy atom. The Morgan fingerprint density at radius 3 is 2.51 bits per heavy atom. The number of rotatable bonds is 6. The summed E-state index contributed by atoms with van der Waals surface area (Å²) in [7, 11) is 1.51. The van der Waals surface area contributed by atoms with Crippen LogP contribution in [0, 0.1) is 52.3 Å². The van der Waals surface area contributed by atoms with Crippen LogP contribution in [0.5, 0.6) is 0 Å². The van der Waals surface area contributed by atoms with Gasteiger partial charge in [0.15, 0.2) is 6.29 Å². The van der Waals surface area contributed by atoms with Crippen LogP contribution in [0.25, 0.3) is 0 Å². The number of esters is 1. The van der Waals surface area contributed by atoms with Crippen LogP contribution < -0.4 is 0 Å². The number of hydrogen-bond acceptors (Lipinski definition) is 4. The fourth-order valence-corrected chi connectivity index (χ4v) is 10.2. The summed E-state index contributed by atoms with van der Waals surface area (Å²) in [5, 5.41) is 0. The molecular formula is C31H52O4. The molecule has 5 fully saturated rings. The lowest BCUT2D eigenvalue weighted by Crippen LogP contribution is -2.59. The molecule has 0 spiro atoms. The van der Waals surface area contributed by atoms with Crippen LogP contribution in [0.1, 0.15) is 111 Å². The minimum absolute atomic E-state index is 0.0177. The van der Waals surface area contributed by atoms with Crippen molar-refractivity contribution >= 4 is 5.97 Å². The summed E-state index contributed by atoms with van der Waals surface area (Å²) in [4.78, 5) is 11.9. The summed E-state index contributed by atoms with van der Waals surface area (Å²) in [5.74, 6) is 5.11. The highest BCUT2D eigenvalue weighted by Gasteiger charge is 2.63. The van der Waals surface area contributed by atoms with Crippen molar-refractivity contribution in [3.63, 3.8) is 0 Å². The molecule has 0 aromatic carbocycles. The zero-order valence-electron chi connectivity index (χ0n) is 23.2. The van der Waals surface area contributed by atoms with Gasteiger partial charge in [0.25, 0.3) is 0 Å². The summed E-state index contributed by atoms with van der Waals surface area (Å²) in [6.45, 7) is 11.0. The van der Waals surface area contributed by atoms with E-state index < -0.39 is 0 Å². The first-order valence-corrected chi connectivity index (χ1v) is 15.1. The van der Waals surface area contributed by atoms with Crippen molar-refractivity contribution in [2.75, 3.05) is 13.7 Å². The molecule has 35 heavy (non-hydrogen) atoms. The van der Waals surface area contributed by atoms with E-state index in [-0.39, 0.29) is 12.3 Å². The van der Waals surface area contributed by atoms with E-state index in [4.69, 9.17) is 14.2 Å². The van der Waals surface area contributed by atoms with Crippen molar-refractivity contribution in [1.82, 2.24) is 0 Å². The van der Waals surface area contributed by atoms with E-state index in [9.17, 15) is 4.79 Å². The van der Waals surface area contributed by atoms with E-state index in [2.05, 4.69) is 27.7 Å². The number of methoxy groups -OCH3 is 1. The highest BCUT2D eigenvalue weighted by molar-refractivity contribution is 5.69. The van der Waals surface area contributed by atoms with Crippen LogP contribution in [0.2, 0.25) is 0 Å². The highest BCUT2D eigenvalue weighted by Crippen LogP contribution is 2.69. The second kappa shape index (κ2) is 10.3. The maximum atomic E-state index is 11.9. The first-order valence-electron chi connectivity index (χ1n) is 15.1. The lowest BCUT2D eigenvalue weighted by atomic mass is 9.43. The molecule has 0 amide bonds. The van der Waals surface area contributed by atoms with Gasteiger partial charge in [0.2, 0.25) is 0 Å². The van der Waals surface area contributed by atoms with Gasteiger partial charge in [-0.2, -0.15) is 0 Å². The molecule has 0 bridgehead atoms. The van der Waals surface area contributed by atoms with Crippen molar-refractivity contribution in [3.05, 3.63) is 0 Å². The minimum Gasteiger partial charge on any atom is -0.469 e. The molecule has 4 saturated carbocycles. The molecule has 4 aliphatic carbocycles. The summed E-state index contributed by atoms with van der Waals surface area (Å²) < 4.78 is 18.1. The largest absolute Gasteiger partial charge is 0.469 e. The van der Waals surface area contributed by atoms with Gasteiger partial charge in [0.05, 0.1) is 13.2 Å². The quantitative estimate of drug-likeness (QED) is 0.289. The lowest BCUT2D eigenvalue weighted by molar-refractivity contribution is -0.249. The molecule has 1 aliphatic heterocycles. The summed E-state index contributed by atoms with van der Waals surface area (Å²) in [6, 6.07) is 0. The van der Waals surface area contributed by atoms with Gasteiger partial charge >= 0.3 is 5.97 Å². The molecule has 200 valence electrons. The standard InChI is InChI=1S/C31H52O4/c1-20-13-15-30(3)22(18-20)19-26(35-28-8-6-7-17-34-28)29-24-11-10-23(21(2)9-12-27(32)33-5)31(24,4)16-14-25(29)30/h20-26,28-29H,6-19H2,1-5H3/t20-,21-,22?,23?,24?,25?,26-,28?,29?,30+,31-/m1/s1. The van der Waals surface area contributed by atoms with Crippen molar-refractivity contribution in [1.29, 1.82) is 0 Å². The SMILES string of the molecule is COC(=O)CC[C@@H](C)C1CCC2C3C(CC[C@@]21C)[C@@]1(C)CC[C@@H](C)CC1C[C@H]3OC1CCCCO1. The smallest absolute Gasteiger partial charge is 0.305 e. The second-order valence-corrected chi connectivity index (χ2v) is 13.9. The van der Waals surface area contributed by atoms with Crippen molar-refractivity contribution < 1.29 is 19.0 Å². The lowest BCUT2D eigenvalue weighted by Gasteiger charge is -2.63. The fourth-order valence-electron chi connectivity index (χ4n) is 10.2. The average Bonchev–Trinajstić information content (AvgIpc) is 3.21. The topological polar surface area (TPSA) is 44.8 Å². The van der Waals surface area contributed by atoms with Gasteiger partial charge in [-0.05, 0) is 123 Å². The minimum atomic E-state index is -0.0565. The first kappa shape index (κ1) is 26.0. The fraction of sp³-hybridized carbons (Fsp3) is 0.968. The van der Waals surface area contributed by atoms with Crippen LogP contribution in [0.3, 0.4) is 0 Å². The summed E-state index contributed by atoms with van der Waals surface area (Å²) >= 11 is 0. The van der Waals surface area contributed by atoms with Crippen LogP contribution in [-0.2, 0) is 19.0 Å². The van der Waals surface area contributed by atoms with Gasteiger partial charge < -0.3 is 14.2 Å². The van der Waals surface area contributed by atoms with E-state index in [0.717, 1.165) is 43.1 Å². The number of ether oxygens (including phenoxy) is 3. The third-order valence-electron chi connectivity index (χ3n) is 12.2. The molecule has 5 rings (SSSR count). The van der Waals surface area contributed by atoms with Gasteiger partial charge in [-0.25, -0.2) is 0 Å². The predicted octanol–water partition coefficient (Wildman–Crippen LogP) is 7.39. The number of hydrogen-bond donors (Lipinski definition) is 0. The predicted molar refractivity (Wildman–Crippen MR) is 139 cm³/mol. The second-order valence-electron chi connectivity index (χ2n) is 13.9. The molecule has 0 aromatic heterocycles. The average molecular weight is 489 g/mol. The third kappa shape index (κ3) is 4.73. The van der Waals surface area contributed by atoms with Crippen LogP contribution in [0.15, 0.2) is 0 Å².